The van der Waals surface area contributed by atoms with E-state index in [1.807, 2.05) is 0 Å². The largest absolute Gasteiger partial charge is 0.501 e. The molecule has 2 fully saturated rings. The maximum absolute atomic E-state index is 5.71. The van der Waals surface area contributed by atoms with Crippen LogP contribution in [0.5, 0.6) is 0 Å². The second-order valence-corrected chi connectivity index (χ2v) is 4.48. The monoisotopic (exact) mass is 196 g/mol. The van der Waals surface area contributed by atoms with Crippen molar-refractivity contribution in [3.8, 4) is 0 Å². The van der Waals surface area contributed by atoms with Crippen LogP contribution in [0.3, 0.4) is 0 Å². The van der Waals surface area contributed by atoms with Crippen LogP contribution in [0.15, 0.2) is 11.8 Å². The van der Waals surface area contributed by atoms with Crippen LogP contribution < -0.4 is 0 Å². The third-order valence-corrected chi connectivity index (χ3v) is 3.66. The van der Waals surface area contributed by atoms with Crippen LogP contribution in [0, 0.1) is 11.8 Å². The molecule has 3 heteroatoms. The number of fused-ring (bicyclic) bond motifs is 1. The first kappa shape index (κ1) is 8.74. The van der Waals surface area contributed by atoms with E-state index in [4.69, 9.17) is 14.2 Å². The summed E-state index contributed by atoms with van der Waals surface area (Å²) in [5, 5.41) is 0. The fourth-order valence-electron chi connectivity index (χ4n) is 3.03. The van der Waals surface area contributed by atoms with E-state index in [2.05, 4.69) is 6.08 Å². The second kappa shape index (κ2) is 2.97. The van der Waals surface area contributed by atoms with Crippen molar-refractivity contribution in [1.29, 1.82) is 0 Å². The van der Waals surface area contributed by atoms with E-state index in [1.165, 1.54) is 0 Å². The SMILES string of the molecule is COC1=CC2CC3(CC2C1)OCCO3. The summed E-state index contributed by atoms with van der Waals surface area (Å²) in [6.07, 6.45) is 5.38. The molecule has 2 atom stereocenters. The van der Waals surface area contributed by atoms with Gasteiger partial charge in [0.05, 0.1) is 26.1 Å². The predicted molar refractivity (Wildman–Crippen MR) is 50.6 cm³/mol. The minimum atomic E-state index is -0.231. The molecule has 0 amide bonds. The highest BCUT2D eigenvalue weighted by atomic mass is 16.7. The Labute approximate surface area is 84.0 Å². The second-order valence-electron chi connectivity index (χ2n) is 4.48. The van der Waals surface area contributed by atoms with Gasteiger partial charge >= 0.3 is 0 Å². The van der Waals surface area contributed by atoms with Crippen molar-refractivity contribution in [2.24, 2.45) is 11.8 Å². The lowest BCUT2D eigenvalue weighted by atomic mass is 10.0. The molecular formula is C11H16O3. The van der Waals surface area contributed by atoms with Crippen molar-refractivity contribution < 1.29 is 14.2 Å². The Morgan fingerprint density at radius 3 is 2.79 bits per heavy atom. The highest BCUT2D eigenvalue weighted by molar-refractivity contribution is 5.13. The molecule has 1 heterocycles. The van der Waals surface area contributed by atoms with Gasteiger partial charge in [0.2, 0.25) is 0 Å². The topological polar surface area (TPSA) is 27.7 Å². The lowest BCUT2D eigenvalue weighted by Gasteiger charge is -2.22. The Hall–Kier alpha value is -0.540. The predicted octanol–water partition coefficient (Wildman–Crippen LogP) is 1.69. The first-order chi connectivity index (χ1) is 6.81. The lowest BCUT2D eigenvalue weighted by Crippen LogP contribution is -2.26. The summed E-state index contributed by atoms with van der Waals surface area (Å²) in [5.41, 5.74) is 0. The van der Waals surface area contributed by atoms with Crippen molar-refractivity contribution in [2.75, 3.05) is 20.3 Å². The van der Waals surface area contributed by atoms with E-state index in [9.17, 15) is 0 Å². The minimum absolute atomic E-state index is 0.231. The Morgan fingerprint density at radius 1 is 1.36 bits per heavy atom. The number of allylic oxidation sites excluding steroid dienone is 2. The first-order valence-electron chi connectivity index (χ1n) is 5.34. The molecule has 2 aliphatic carbocycles. The third kappa shape index (κ3) is 1.19. The van der Waals surface area contributed by atoms with Gasteiger partial charge in [0.1, 0.15) is 0 Å². The molecule has 2 unspecified atom stereocenters. The zero-order valence-corrected chi connectivity index (χ0v) is 8.49. The van der Waals surface area contributed by atoms with Crippen molar-refractivity contribution in [3.63, 3.8) is 0 Å². The molecule has 1 aliphatic heterocycles. The van der Waals surface area contributed by atoms with Crippen molar-refractivity contribution in [2.45, 2.75) is 25.0 Å². The summed E-state index contributed by atoms with van der Waals surface area (Å²) >= 11 is 0. The maximum Gasteiger partial charge on any atom is 0.169 e. The summed E-state index contributed by atoms with van der Waals surface area (Å²) in [6, 6.07) is 0. The maximum atomic E-state index is 5.71. The zero-order chi connectivity index (χ0) is 9.60. The molecule has 78 valence electrons. The zero-order valence-electron chi connectivity index (χ0n) is 8.49. The summed E-state index contributed by atoms with van der Waals surface area (Å²) < 4.78 is 16.7. The van der Waals surface area contributed by atoms with Crippen molar-refractivity contribution >= 4 is 0 Å². The molecule has 1 saturated carbocycles. The summed E-state index contributed by atoms with van der Waals surface area (Å²) in [5.74, 6) is 2.21. The smallest absolute Gasteiger partial charge is 0.169 e. The van der Waals surface area contributed by atoms with Crippen LogP contribution >= 0.6 is 0 Å². The van der Waals surface area contributed by atoms with E-state index >= 15 is 0 Å². The minimum Gasteiger partial charge on any atom is -0.501 e. The molecule has 3 rings (SSSR count). The fourth-order valence-corrected chi connectivity index (χ4v) is 3.03. The standard InChI is InChI=1S/C11H16O3/c1-12-10-4-8-6-11(7-9(8)5-10)13-2-3-14-11/h4,8-9H,2-3,5-7H2,1H3. The van der Waals surface area contributed by atoms with E-state index in [-0.39, 0.29) is 5.79 Å². The average Bonchev–Trinajstić information content (AvgIpc) is 2.81. The van der Waals surface area contributed by atoms with Gasteiger partial charge in [-0.15, -0.1) is 0 Å². The number of methoxy groups -OCH3 is 1. The average molecular weight is 196 g/mol. The molecule has 3 aliphatic rings. The van der Waals surface area contributed by atoms with Gasteiger partial charge in [-0.3, -0.25) is 0 Å². The molecule has 1 saturated heterocycles. The first-order valence-corrected chi connectivity index (χ1v) is 5.34. The molecular weight excluding hydrogens is 180 g/mol. The van der Waals surface area contributed by atoms with Gasteiger partial charge in [0.15, 0.2) is 5.79 Å². The number of ether oxygens (including phenoxy) is 3. The molecule has 3 nitrogen and oxygen atoms in total. The molecule has 0 radical (unpaired) electrons. The van der Waals surface area contributed by atoms with E-state index in [0.717, 1.165) is 38.2 Å². The molecule has 0 aromatic rings. The molecule has 14 heavy (non-hydrogen) atoms. The Morgan fingerprint density at radius 2 is 2.14 bits per heavy atom. The number of hydrogen-bond donors (Lipinski definition) is 0. The molecule has 1 spiro atoms. The molecule has 0 aromatic carbocycles. The van der Waals surface area contributed by atoms with Crippen molar-refractivity contribution in [3.05, 3.63) is 11.8 Å². The van der Waals surface area contributed by atoms with Gasteiger partial charge in [0, 0.05) is 19.3 Å². The normalized spacial score (nSPS) is 38.8. The highest BCUT2D eigenvalue weighted by Gasteiger charge is 2.50. The van der Waals surface area contributed by atoms with E-state index in [0.29, 0.717) is 11.8 Å². The quantitative estimate of drug-likeness (QED) is 0.638. The van der Waals surface area contributed by atoms with Gasteiger partial charge in [-0.2, -0.15) is 0 Å². The summed E-state index contributed by atoms with van der Waals surface area (Å²) in [6.45, 7) is 1.53. The van der Waals surface area contributed by atoms with Crippen LogP contribution in [-0.4, -0.2) is 26.1 Å². The highest BCUT2D eigenvalue weighted by Crippen LogP contribution is 2.50. The van der Waals surface area contributed by atoms with Gasteiger partial charge in [-0.25, -0.2) is 0 Å². The van der Waals surface area contributed by atoms with E-state index < -0.39 is 0 Å². The molecule has 0 bridgehead atoms. The lowest BCUT2D eigenvalue weighted by molar-refractivity contribution is -0.154. The molecule has 0 N–H and O–H groups in total. The third-order valence-electron chi connectivity index (χ3n) is 3.66. The van der Waals surface area contributed by atoms with Crippen LogP contribution in [0.4, 0.5) is 0 Å². The molecule has 0 aromatic heterocycles. The van der Waals surface area contributed by atoms with Crippen LogP contribution in [0.1, 0.15) is 19.3 Å². The van der Waals surface area contributed by atoms with Crippen LogP contribution in [0.25, 0.3) is 0 Å². The van der Waals surface area contributed by atoms with Crippen molar-refractivity contribution in [1.82, 2.24) is 0 Å². The Balaban J connectivity index is 1.75. The van der Waals surface area contributed by atoms with E-state index in [1.54, 1.807) is 7.11 Å². The number of rotatable bonds is 1. The number of hydrogen-bond acceptors (Lipinski definition) is 3. The summed E-state index contributed by atoms with van der Waals surface area (Å²) in [7, 11) is 1.76. The van der Waals surface area contributed by atoms with Gasteiger partial charge < -0.3 is 14.2 Å². The van der Waals surface area contributed by atoms with Crippen LogP contribution in [0.2, 0.25) is 0 Å². The Bertz CT molecular complexity index is 266. The van der Waals surface area contributed by atoms with Gasteiger partial charge in [-0.05, 0) is 17.9 Å². The Kier molecular flexibility index (Phi) is 1.86. The van der Waals surface area contributed by atoms with Gasteiger partial charge in [0.25, 0.3) is 0 Å². The van der Waals surface area contributed by atoms with Gasteiger partial charge in [-0.1, -0.05) is 0 Å². The fraction of sp³-hybridized carbons (Fsp3) is 0.818. The van der Waals surface area contributed by atoms with Crippen LogP contribution in [-0.2, 0) is 14.2 Å². The summed E-state index contributed by atoms with van der Waals surface area (Å²) in [4.78, 5) is 0.